The number of carbonyl (C=O) groups is 2. The number of allylic oxidation sites excluding steroid dienone is 10. The molecule has 0 saturated heterocycles. The van der Waals surface area contributed by atoms with Gasteiger partial charge >= 0.3 is 19.8 Å². The maximum absolute atomic E-state index is 12.5. The Bertz CT molecular complexity index is 1050. The average Bonchev–Trinajstić information content (AvgIpc) is 3.14. The van der Waals surface area contributed by atoms with Crippen molar-refractivity contribution in [2.75, 3.05) is 26.4 Å². The number of carbonyl (C=O) groups excluding carboxylic acids is 2. The Hall–Kier alpha value is -2.29. The fourth-order valence-electron chi connectivity index (χ4n) is 5.29. The first-order chi connectivity index (χ1) is 25.8. The fourth-order valence-corrected chi connectivity index (χ4v) is 6.05. The Morgan fingerprint density at radius 1 is 0.585 bits per heavy atom. The van der Waals surface area contributed by atoms with Crippen LogP contribution in [0, 0.1) is 0 Å². The van der Waals surface area contributed by atoms with Gasteiger partial charge in [-0.2, -0.15) is 0 Å². The molecule has 0 radical (unpaired) electrons. The summed E-state index contributed by atoms with van der Waals surface area (Å²) in [5, 5.41) is 0. The van der Waals surface area contributed by atoms with E-state index in [4.69, 9.17) is 24.3 Å². The second-order valence-corrected chi connectivity index (χ2v) is 15.0. The zero-order chi connectivity index (χ0) is 38.9. The zero-order valence-corrected chi connectivity index (χ0v) is 34.4. The van der Waals surface area contributed by atoms with E-state index < -0.39 is 32.5 Å². The third-order valence-electron chi connectivity index (χ3n) is 8.40. The Morgan fingerprint density at radius 3 is 1.64 bits per heavy atom. The smallest absolute Gasteiger partial charge is 0.462 e. The summed E-state index contributed by atoms with van der Waals surface area (Å²) in [5.74, 6) is -0.912. The van der Waals surface area contributed by atoms with E-state index in [0.29, 0.717) is 19.3 Å². The second kappa shape index (κ2) is 39.4. The highest BCUT2D eigenvalue weighted by Gasteiger charge is 2.25. The van der Waals surface area contributed by atoms with Crippen LogP contribution >= 0.6 is 7.82 Å². The Labute approximate surface area is 323 Å². The van der Waals surface area contributed by atoms with E-state index >= 15 is 0 Å². The van der Waals surface area contributed by atoms with E-state index in [-0.39, 0.29) is 32.6 Å². The summed E-state index contributed by atoms with van der Waals surface area (Å²) in [6.07, 6.45) is 45.4. The van der Waals surface area contributed by atoms with Gasteiger partial charge in [-0.15, -0.1) is 0 Å². The van der Waals surface area contributed by atoms with Gasteiger partial charge in [0.15, 0.2) is 6.10 Å². The summed E-state index contributed by atoms with van der Waals surface area (Å²) in [6.45, 7) is 3.61. The molecule has 0 fully saturated rings. The molecule has 0 aliphatic rings. The van der Waals surface area contributed by atoms with Gasteiger partial charge in [-0.1, -0.05) is 145 Å². The van der Waals surface area contributed by atoms with Crippen LogP contribution < -0.4 is 5.73 Å². The van der Waals surface area contributed by atoms with Crippen molar-refractivity contribution in [1.29, 1.82) is 0 Å². The first-order valence-electron chi connectivity index (χ1n) is 20.8. The van der Waals surface area contributed by atoms with Gasteiger partial charge in [0.1, 0.15) is 6.61 Å². The summed E-state index contributed by atoms with van der Waals surface area (Å²) >= 11 is 0. The number of hydrogen-bond donors (Lipinski definition) is 2. The van der Waals surface area contributed by atoms with Gasteiger partial charge in [0, 0.05) is 19.4 Å². The third-order valence-corrected chi connectivity index (χ3v) is 9.39. The lowest BCUT2D eigenvalue weighted by atomic mass is 10.1. The van der Waals surface area contributed by atoms with Crippen molar-refractivity contribution in [1.82, 2.24) is 0 Å². The van der Waals surface area contributed by atoms with Crippen molar-refractivity contribution in [2.45, 2.75) is 174 Å². The van der Waals surface area contributed by atoms with Gasteiger partial charge in [0.25, 0.3) is 0 Å². The van der Waals surface area contributed by atoms with Crippen LogP contribution in [0.5, 0.6) is 0 Å². The van der Waals surface area contributed by atoms with Crippen molar-refractivity contribution in [3.05, 3.63) is 60.8 Å². The van der Waals surface area contributed by atoms with E-state index in [1.807, 2.05) is 6.08 Å². The maximum atomic E-state index is 12.5. The summed E-state index contributed by atoms with van der Waals surface area (Å²) in [6, 6.07) is 0. The minimum absolute atomic E-state index is 0.0410. The molecule has 53 heavy (non-hydrogen) atoms. The van der Waals surface area contributed by atoms with Crippen molar-refractivity contribution < 1.29 is 37.6 Å². The molecular weight excluding hydrogens is 689 g/mol. The number of hydrogen-bond acceptors (Lipinski definition) is 8. The van der Waals surface area contributed by atoms with E-state index in [9.17, 15) is 19.0 Å². The van der Waals surface area contributed by atoms with Gasteiger partial charge in [-0.25, -0.2) is 4.57 Å². The van der Waals surface area contributed by atoms with Gasteiger partial charge in [-0.05, 0) is 70.6 Å². The minimum atomic E-state index is -4.39. The summed E-state index contributed by atoms with van der Waals surface area (Å²) in [7, 11) is -4.39. The monoisotopic (exact) mass is 766 g/mol. The number of unbranched alkanes of at least 4 members (excludes halogenated alkanes) is 16. The average molecular weight is 766 g/mol. The van der Waals surface area contributed by atoms with Crippen LogP contribution in [0.15, 0.2) is 60.8 Å². The van der Waals surface area contributed by atoms with Gasteiger partial charge in [0.05, 0.1) is 13.2 Å². The normalized spacial score (nSPS) is 14.0. The predicted molar refractivity (Wildman–Crippen MR) is 219 cm³/mol. The molecule has 0 aromatic carbocycles. The van der Waals surface area contributed by atoms with Crippen molar-refractivity contribution >= 4 is 19.8 Å². The standard InChI is InChI=1S/C43H76NO8P/c1-3-5-7-9-11-13-15-17-19-20-22-24-26-28-30-32-34-36-43(46)52-41(40-51-53(47,48)50-38-37-44)39-49-42(45)35-33-31-29-27-25-23-21-18-16-14-12-10-8-6-4-2/h14,16-19,21-22,24,28,30,41H,3-13,15,20,23,25-27,29,31-40,44H2,1-2H3,(H,47,48)/b16-14+,19-17+,21-18+,24-22+,30-28+/t41-/m1/s1. The molecule has 0 bridgehead atoms. The highest BCUT2D eigenvalue weighted by Crippen LogP contribution is 2.43. The SMILES string of the molecule is CCCCCC/C=C/C=C/CCCCCCCC(=O)OC[C@H](COP(=O)(O)OCCN)OC(=O)CCC/C=C/C/C=C/C/C=C/CCCCCCCC. The molecule has 1 unspecified atom stereocenters. The summed E-state index contributed by atoms with van der Waals surface area (Å²) in [5.41, 5.74) is 5.33. The van der Waals surface area contributed by atoms with Crippen LogP contribution in [-0.4, -0.2) is 49.3 Å². The van der Waals surface area contributed by atoms with Crippen LogP contribution in [-0.2, 0) is 32.7 Å². The van der Waals surface area contributed by atoms with Crippen LogP contribution in [0.3, 0.4) is 0 Å². The number of phosphoric acid groups is 1. The molecule has 0 rings (SSSR count). The van der Waals surface area contributed by atoms with Crippen molar-refractivity contribution in [3.63, 3.8) is 0 Å². The Morgan fingerprint density at radius 2 is 1.06 bits per heavy atom. The molecule has 0 heterocycles. The third kappa shape index (κ3) is 39.2. The number of esters is 2. The molecule has 0 aliphatic heterocycles. The number of rotatable bonds is 38. The van der Waals surface area contributed by atoms with E-state index in [1.165, 1.54) is 64.2 Å². The lowest BCUT2D eigenvalue weighted by Crippen LogP contribution is -2.29. The molecule has 0 amide bonds. The van der Waals surface area contributed by atoms with Crippen molar-refractivity contribution in [3.8, 4) is 0 Å². The second-order valence-electron chi connectivity index (χ2n) is 13.5. The summed E-state index contributed by atoms with van der Waals surface area (Å²) < 4.78 is 32.6. The molecule has 0 aliphatic carbocycles. The van der Waals surface area contributed by atoms with Crippen molar-refractivity contribution in [2.24, 2.45) is 5.73 Å². The van der Waals surface area contributed by atoms with Crippen LogP contribution in [0.25, 0.3) is 0 Å². The molecule has 0 aromatic rings. The largest absolute Gasteiger partial charge is 0.472 e. The first-order valence-corrected chi connectivity index (χ1v) is 22.3. The molecule has 0 saturated carbocycles. The summed E-state index contributed by atoms with van der Waals surface area (Å²) in [4.78, 5) is 34.8. The number of ether oxygens (including phenoxy) is 2. The van der Waals surface area contributed by atoms with E-state index in [0.717, 1.165) is 57.8 Å². The van der Waals surface area contributed by atoms with Gasteiger partial charge in [-0.3, -0.25) is 18.6 Å². The Kier molecular flexibility index (Phi) is 37.7. The molecule has 2 atom stereocenters. The quantitative estimate of drug-likeness (QED) is 0.0207. The topological polar surface area (TPSA) is 134 Å². The van der Waals surface area contributed by atoms with E-state index in [2.05, 4.69) is 68.5 Å². The van der Waals surface area contributed by atoms with Crippen LogP contribution in [0.2, 0.25) is 0 Å². The van der Waals surface area contributed by atoms with Crippen LogP contribution in [0.1, 0.15) is 168 Å². The maximum Gasteiger partial charge on any atom is 0.472 e. The first kappa shape index (κ1) is 50.7. The lowest BCUT2D eigenvalue weighted by Gasteiger charge is -2.19. The predicted octanol–water partition coefficient (Wildman–Crippen LogP) is 11.7. The number of nitrogens with two attached hydrogens (primary N) is 1. The van der Waals surface area contributed by atoms with E-state index in [1.54, 1.807) is 0 Å². The molecular formula is C43H76NO8P. The molecule has 3 N–H and O–H groups in total. The minimum Gasteiger partial charge on any atom is -0.462 e. The van der Waals surface area contributed by atoms with Gasteiger partial charge in [0.2, 0.25) is 0 Å². The molecule has 306 valence electrons. The van der Waals surface area contributed by atoms with Crippen LogP contribution in [0.4, 0.5) is 0 Å². The fraction of sp³-hybridized carbons (Fsp3) is 0.721. The zero-order valence-electron chi connectivity index (χ0n) is 33.5. The number of phosphoric ester groups is 1. The van der Waals surface area contributed by atoms with Gasteiger partial charge < -0.3 is 20.1 Å². The molecule has 10 heteroatoms. The molecule has 0 spiro atoms. The molecule has 9 nitrogen and oxygen atoms in total. The lowest BCUT2D eigenvalue weighted by molar-refractivity contribution is -0.161. The molecule has 0 aromatic heterocycles. The Balaban J connectivity index is 4.31. The highest BCUT2D eigenvalue weighted by atomic mass is 31.2. The highest BCUT2D eigenvalue weighted by molar-refractivity contribution is 7.47.